The molecule has 1 fully saturated rings. The van der Waals surface area contributed by atoms with E-state index < -0.39 is 0 Å². The van der Waals surface area contributed by atoms with Crippen molar-refractivity contribution >= 4 is 0 Å². The van der Waals surface area contributed by atoms with E-state index in [0.717, 1.165) is 31.7 Å². The Bertz CT molecular complexity index is 407. The lowest BCUT2D eigenvalue weighted by Crippen LogP contribution is -2.42. The molecule has 0 spiro atoms. The highest BCUT2D eigenvalue weighted by molar-refractivity contribution is 5.20. The van der Waals surface area contributed by atoms with Gasteiger partial charge in [0, 0.05) is 36.7 Å². The molecule has 19 heavy (non-hydrogen) atoms. The summed E-state index contributed by atoms with van der Waals surface area (Å²) in [6, 6.07) is 7.03. The van der Waals surface area contributed by atoms with Crippen LogP contribution in [0.1, 0.15) is 24.9 Å². The van der Waals surface area contributed by atoms with E-state index in [1.165, 1.54) is 6.07 Å². The van der Waals surface area contributed by atoms with Gasteiger partial charge in [-0.25, -0.2) is 4.39 Å². The van der Waals surface area contributed by atoms with E-state index in [1.807, 2.05) is 26.1 Å². The van der Waals surface area contributed by atoms with Gasteiger partial charge in [-0.1, -0.05) is 18.2 Å². The van der Waals surface area contributed by atoms with Crippen LogP contribution in [-0.4, -0.2) is 37.7 Å². The third-order valence-electron chi connectivity index (χ3n) is 4.09. The molecule has 0 saturated carbocycles. The number of nitrogens with zero attached hydrogens (tertiary/aromatic N) is 1. The lowest BCUT2D eigenvalue weighted by molar-refractivity contribution is 0.167. The SMILES string of the molecule is CC(c1ccccc1F)N(C)CC(N)C1CCOC1. The summed E-state index contributed by atoms with van der Waals surface area (Å²) in [7, 11) is 1.99. The van der Waals surface area contributed by atoms with Gasteiger partial charge in [0.2, 0.25) is 0 Å². The molecule has 1 saturated heterocycles. The summed E-state index contributed by atoms with van der Waals surface area (Å²) in [4.78, 5) is 2.11. The van der Waals surface area contributed by atoms with Crippen LogP contribution in [0.25, 0.3) is 0 Å². The van der Waals surface area contributed by atoms with Crippen molar-refractivity contribution in [1.29, 1.82) is 0 Å². The number of rotatable bonds is 5. The molecule has 3 nitrogen and oxygen atoms in total. The maximum absolute atomic E-state index is 13.8. The zero-order valence-corrected chi connectivity index (χ0v) is 11.7. The average molecular weight is 266 g/mol. The number of hydrogen-bond acceptors (Lipinski definition) is 3. The molecule has 0 radical (unpaired) electrons. The topological polar surface area (TPSA) is 38.5 Å². The van der Waals surface area contributed by atoms with Crippen molar-refractivity contribution < 1.29 is 9.13 Å². The van der Waals surface area contributed by atoms with Gasteiger partial charge >= 0.3 is 0 Å². The van der Waals surface area contributed by atoms with Crippen LogP contribution >= 0.6 is 0 Å². The molecule has 1 aliphatic heterocycles. The molecule has 0 amide bonds. The van der Waals surface area contributed by atoms with Gasteiger partial charge in [-0.3, -0.25) is 4.90 Å². The normalized spacial score (nSPS) is 22.7. The molecule has 0 aromatic heterocycles. The third kappa shape index (κ3) is 3.53. The molecule has 0 aliphatic carbocycles. The first kappa shape index (κ1) is 14.4. The summed E-state index contributed by atoms with van der Waals surface area (Å²) in [6.07, 6.45) is 1.03. The molecule has 3 atom stereocenters. The van der Waals surface area contributed by atoms with Gasteiger partial charge in [0.25, 0.3) is 0 Å². The van der Waals surface area contributed by atoms with Gasteiger partial charge in [-0.05, 0) is 26.5 Å². The summed E-state index contributed by atoms with van der Waals surface area (Å²) in [5.41, 5.74) is 6.94. The summed E-state index contributed by atoms with van der Waals surface area (Å²) >= 11 is 0. The van der Waals surface area contributed by atoms with E-state index >= 15 is 0 Å². The van der Waals surface area contributed by atoms with Gasteiger partial charge < -0.3 is 10.5 Å². The smallest absolute Gasteiger partial charge is 0.127 e. The van der Waals surface area contributed by atoms with E-state index in [9.17, 15) is 4.39 Å². The number of hydrogen-bond donors (Lipinski definition) is 1. The number of halogens is 1. The first-order valence-electron chi connectivity index (χ1n) is 6.87. The van der Waals surface area contributed by atoms with Crippen molar-refractivity contribution in [2.45, 2.75) is 25.4 Å². The zero-order valence-electron chi connectivity index (χ0n) is 11.7. The Kier molecular flexibility index (Phi) is 4.91. The molecule has 3 unspecified atom stereocenters. The molecule has 1 aromatic rings. The van der Waals surface area contributed by atoms with Crippen molar-refractivity contribution in [3.63, 3.8) is 0 Å². The minimum atomic E-state index is -0.153. The Balaban J connectivity index is 1.95. The highest BCUT2D eigenvalue weighted by Crippen LogP contribution is 2.23. The Hall–Kier alpha value is -0.970. The maximum atomic E-state index is 13.8. The predicted molar refractivity (Wildman–Crippen MR) is 74.3 cm³/mol. The summed E-state index contributed by atoms with van der Waals surface area (Å²) < 4.78 is 19.1. The number of ether oxygens (including phenoxy) is 1. The van der Waals surface area contributed by atoms with Crippen LogP contribution < -0.4 is 5.73 Å². The molecule has 2 rings (SSSR count). The average Bonchev–Trinajstić information content (AvgIpc) is 2.92. The first-order chi connectivity index (χ1) is 9.09. The molecule has 4 heteroatoms. The van der Waals surface area contributed by atoms with E-state index in [4.69, 9.17) is 10.5 Å². The first-order valence-corrected chi connectivity index (χ1v) is 6.87. The third-order valence-corrected chi connectivity index (χ3v) is 4.09. The van der Waals surface area contributed by atoms with Crippen LogP contribution in [0, 0.1) is 11.7 Å². The fourth-order valence-corrected chi connectivity index (χ4v) is 2.58. The van der Waals surface area contributed by atoms with Crippen LogP contribution in [-0.2, 0) is 4.74 Å². The second-order valence-electron chi connectivity index (χ2n) is 5.42. The molecule has 2 N–H and O–H groups in total. The van der Waals surface area contributed by atoms with Crippen molar-refractivity contribution in [2.24, 2.45) is 11.7 Å². The fraction of sp³-hybridized carbons (Fsp3) is 0.600. The van der Waals surface area contributed by atoms with Crippen LogP contribution in [0.2, 0.25) is 0 Å². The van der Waals surface area contributed by atoms with E-state index in [0.29, 0.717) is 5.92 Å². The van der Waals surface area contributed by atoms with Gasteiger partial charge in [0.05, 0.1) is 6.61 Å². The highest BCUT2D eigenvalue weighted by atomic mass is 19.1. The van der Waals surface area contributed by atoms with Gasteiger partial charge in [0.15, 0.2) is 0 Å². The van der Waals surface area contributed by atoms with Crippen LogP contribution in [0.15, 0.2) is 24.3 Å². The predicted octanol–water partition coefficient (Wildman–Crippen LogP) is 2.18. The van der Waals surface area contributed by atoms with Crippen molar-refractivity contribution in [2.75, 3.05) is 26.8 Å². The minimum Gasteiger partial charge on any atom is -0.381 e. The monoisotopic (exact) mass is 266 g/mol. The van der Waals surface area contributed by atoms with Gasteiger partial charge in [0.1, 0.15) is 5.82 Å². The highest BCUT2D eigenvalue weighted by Gasteiger charge is 2.25. The Morgan fingerprint density at radius 1 is 1.47 bits per heavy atom. The van der Waals surface area contributed by atoms with Gasteiger partial charge in [-0.2, -0.15) is 0 Å². The second kappa shape index (κ2) is 6.46. The van der Waals surface area contributed by atoms with E-state index in [-0.39, 0.29) is 17.9 Å². The Morgan fingerprint density at radius 2 is 2.21 bits per heavy atom. The van der Waals surface area contributed by atoms with E-state index in [2.05, 4.69) is 4.90 Å². The van der Waals surface area contributed by atoms with E-state index in [1.54, 1.807) is 6.07 Å². The zero-order chi connectivity index (χ0) is 13.8. The number of benzene rings is 1. The fourth-order valence-electron chi connectivity index (χ4n) is 2.58. The number of nitrogens with two attached hydrogens (primary N) is 1. The molecule has 0 bridgehead atoms. The lowest BCUT2D eigenvalue weighted by atomic mass is 9.98. The number of likely N-dealkylation sites (N-methyl/N-ethyl adjacent to an activating group) is 1. The van der Waals surface area contributed by atoms with Gasteiger partial charge in [-0.15, -0.1) is 0 Å². The molecule has 1 aliphatic rings. The summed E-state index contributed by atoms with van der Waals surface area (Å²) in [5.74, 6) is 0.273. The Labute approximate surface area is 114 Å². The molecule has 1 heterocycles. The maximum Gasteiger partial charge on any atom is 0.127 e. The minimum absolute atomic E-state index is 0.0228. The summed E-state index contributed by atoms with van der Waals surface area (Å²) in [6.45, 7) is 4.33. The molecular weight excluding hydrogens is 243 g/mol. The Morgan fingerprint density at radius 3 is 2.84 bits per heavy atom. The van der Waals surface area contributed by atoms with Crippen LogP contribution in [0.3, 0.4) is 0 Å². The quantitative estimate of drug-likeness (QED) is 0.888. The van der Waals surface area contributed by atoms with Crippen molar-refractivity contribution in [3.8, 4) is 0 Å². The molecule has 1 aromatic carbocycles. The van der Waals surface area contributed by atoms with Crippen molar-refractivity contribution in [3.05, 3.63) is 35.6 Å². The molecular formula is C15H23FN2O. The molecule has 106 valence electrons. The lowest BCUT2D eigenvalue weighted by Gasteiger charge is -2.30. The van der Waals surface area contributed by atoms with Crippen LogP contribution in [0.5, 0.6) is 0 Å². The second-order valence-corrected chi connectivity index (χ2v) is 5.42. The van der Waals surface area contributed by atoms with Crippen molar-refractivity contribution in [1.82, 2.24) is 4.90 Å². The summed E-state index contributed by atoms with van der Waals surface area (Å²) in [5, 5.41) is 0. The standard InChI is InChI=1S/C15H23FN2O/c1-11(13-5-3-4-6-14(13)16)18(2)9-15(17)12-7-8-19-10-12/h3-6,11-12,15H,7-10,17H2,1-2H3. The van der Waals surface area contributed by atoms with Crippen LogP contribution in [0.4, 0.5) is 4.39 Å². The largest absolute Gasteiger partial charge is 0.381 e.